The number of aryl methyl sites for hydroxylation is 1. The molecule has 29 heavy (non-hydrogen) atoms. The highest BCUT2D eigenvalue weighted by molar-refractivity contribution is 6.73. The van der Waals surface area contributed by atoms with E-state index in [1.807, 2.05) is 13.0 Å². The van der Waals surface area contributed by atoms with Crippen molar-refractivity contribution in [1.82, 2.24) is 0 Å². The van der Waals surface area contributed by atoms with Crippen molar-refractivity contribution in [3.05, 3.63) is 23.8 Å². The average molecular weight is 419 g/mol. The molecular weight excluding hydrogens is 380 g/mol. The molecule has 5 heteroatoms. The fourth-order valence-corrected chi connectivity index (χ4v) is 6.66. The smallest absolute Gasteiger partial charge is 0.231 e. The Bertz CT molecular complexity index is 667. The van der Waals surface area contributed by atoms with Crippen LogP contribution in [0.1, 0.15) is 65.4 Å². The zero-order valence-electron chi connectivity index (χ0n) is 18.6. The van der Waals surface area contributed by atoms with Crippen molar-refractivity contribution in [2.45, 2.75) is 96.6 Å². The van der Waals surface area contributed by atoms with E-state index in [2.05, 4.69) is 44.7 Å². The van der Waals surface area contributed by atoms with E-state index in [1.165, 1.54) is 24.8 Å². The van der Waals surface area contributed by atoms with E-state index in [0.717, 1.165) is 48.9 Å². The number of fused-ring (bicyclic) bond motifs is 1. The van der Waals surface area contributed by atoms with Crippen LogP contribution < -0.4 is 9.47 Å². The number of hydrogen-bond acceptors (Lipinski definition) is 4. The van der Waals surface area contributed by atoms with Crippen LogP contribution in [0.25, 0.3) is 0 Å². The highest BCUT2D eigenvalue weighted by Crippen LogP contribution is 2.32. The van der Waals surface area contributed by atoms with Crippen molar-refractivity contribution in [1.29, 1.82) is 0 Å². The van der Waals surface area contributed by atoms with Crippen molar-refractivity contribution < 1.29 is 19.0 Å². The quantitative estimate of drug-likeness (QED) is 0.269. The molecular formula is C24H38O4Si. The topological polar surface area (TPSA) is 47.9 Å². The van der Waals surface area contributed by atoms with Crippen molar-refractivity contribution in [3.63, 3.8) is 0 Å². The van der Waals surface area contributed by atoms with Gasteiger partial charge in [0.15, 0.2) is 19.8 Å². The summed E-state index contributed by atoms with van der Waals surface area (Å²) in [5.74, 6) is 7.86. The van der Waals surface area contributed by atoms with Crippen molar-refractivity contribution in [2.24, 2.45) is 0 Å². The molecule has 1 aromatic rings. The third-order valence-corrected chi connectivity index (χ3v) is 10.8. The summed E-state index contributed by atoms with van der Waals surface area (Å²) in [6, 6.07) is 9.49. The maximum Gasteiger partial charge on any atom is 0.231 e. The first-order chi connectivity index (χ1) is 14.0. The van der Waals surface area contributed by atoms with E-state index in [0.29, 0.717) is 6.79 Å². The molecule has 0 unspecified atom stereocenters. The minimum absolute atomic E-state index is 0.198. The van der Waals surface area contributed by atoms with Crippen LogP contribution in [0.5, 0.6) is 11.5 Å². The Labute approximate surface area is 178 Å². The number of hydrogen-bond donors (Lipinski definition) is 1. The SMILES string of the molecule is CC[Si](CC)(CC)O[C@@H](C)[C@H](O)C#CCCCCCCc1ccc2c(c1)OCO2. The van der Waals surface area contributed by atoms with Crippen molar-refractivity contribution in [3.8, 4) is 23.3 Å². The Morgan fingerprint density at radius 1 is 1.03 bits per heavy atom. The lowest BCUT2D eigenvalue weighted by molar-refractivity contribution is 0.0771. The van der Waals surface area contributed by atoms with Crippen molar-refractivity contribution in [2.75, 3.05) is 6.79 Å². The van der Waals surface area contributed by atoms with Crippen LogP contribution in [0.15, 0.2) is 18.2 Å². The molecule has 2 atom stereocenters. The maximum atomic E-state index is 10.3. The number of aliphatic hydroxyl groups excluding tert-OH is 1. The molecule has 0 fully saturated rings. The minimum atomic E-state index is -1.69. The molecule has 162 valence electrons. The first-order valence-corrected chi connectivity index (χ1v) is 13.8. The predicted octanol–water partition coefficient (Wildman–Crippen LogP) is 5.68. The van der Waals surface area contributed by atoms with E-state index in [4.69, 9.17) is 13.9 Å². The molecule has 0 aliphatic carbocycles. The minimum Gasteiger partial charge on any atom is -0.454 e. The number of ether oxygens (including phenoxy) is 2. The first kappa shape index (κ1) is 23.8. The van der Waals surface area contributed by atoms with Gasteiger partial charge in [0.05, 0.1) is 6.10 Å². The third-order valence-electron chi connectivity index (χ3n) is 6.02. The molecule has 2 rings (SSSR count). The third kappa shape index (κ3) is 7.37. The van der Waals surface area contributed by atoms with Crippen LogP contribution in [0.2, 0.25) is 18.1 Å². The standard InChI is InChI=1S/C24H38O4Si/c1-5-29(6-2,7-3)28-20(4)22(25)15-13-11-9-8-10-12-14-21-16-17-23-24(18-21)27-19-26-23/h16-18,20,22,25H,5-12,14,19H2,1-4H3/t20-,22+/m0/s1. The molecule has 0 radical (unpaired) electrons. The molecule has 0 bridgehead atoms. The summed E-state index contributed by atoms with van der Waals surface area (Å²) < 4.78 is 17.1. The molecule has 1 aromatic carbocycles. The number of benzene rings is 1. The summed E-state index contributed by atoms with van der Waals surface area (Å²) in [4.78, 5) is 0. The number of rotatable bonds is 12. The van der Waals surface area contributed by atoms with Crippen LogP contribution in [-0.2, 0) is 10.8 Å². The van der Waals surface area contributed by atoms with Crippen LogP contribution in [0.4, 0.5) is 0 Å². The highest BCUT2D eigenvalue weighted by atomic mass is 28.4. The lowest BCUT2D eigenvalue weighted by Crippen LogP contribution is -2.42. The second kappa shape index (κ2) is 12.3. The molecule has 0 amide bonds. The van der Waals surface area contributed by atoms with Crippen LogP contribution in [0, 0.1) is 11.8 Å². The Kier molecular flexibility index (Phi) is 10.1. The molecule has 1 heterocycles. The van der Waals surface area contributed by atoms with Crippen molar-refractivity contribution >= 4 is 8.32 Å². The van der Waals surface area contributed by atoms with Gasteiger partial charge in [0.2, 0.25) is 6.79 Å². The Balaban J connectivity index is 1.60. The van der Waals surface area contributed by atoms with E-state index in [1.54, 1.807) is 0 Å². The monoisotopic (exact) mass is 418 g/mol. The van der Waals surface area contributed by atoms with E-state index in [-0.39, 0.29) is 6.10 Å². The van der Waals surface area contributed by atoms with Gasteiger partial charge in [-0.2, -0.15) is 0 Å². The number of unbranched alkanes of at least 4 members (excludes halogenated alkanes) is 4. The van der Waals surface area contributed by atoms with E-state index >= 15 is 0 Å². The zero-order valence-corrected chi connectivity index (χ0v) is 19.6. The van der Waals surface area contributed by atoms with E-state index < -0.39 is 14.4 Å². The summed E-state index contributed by atoms with van der Waals surface area (Å²) >= 11 is 0. The largest absolute Gasteiger partial charge is 0.454 e. The average Bonchev–Trinajstić information content (AvgIpc) is 3.21. The van der Waals surface area contributed by atoms with Gasteiger partial charge >= 0.3 is 0 Å². The Hall–Kier alpha value is -1.48. The fraction of sp³-hybridized carbons (Fsp3) is 0.667. The summed E-state index contributed by atoms with van der Waals surface area (Å²) in [7, 11) is -1.69. The molecule has 1 N–H and O–H groups in total. The van der Waals surface area contributed by atoms with Gasteiger partial charge in [0, 0.05) is 6.42 Å². The molecule has 1 aliphatic heterocycles. The number of aliphatic hydroxyl groups is 1. The van der Waals surface area contributed by atoms with Gasteiger partial charge in [-0.15, -0.1) is 5.92 Å². The Morgan fingerprint density at radius 2 is 1.72 bits per heavy atom. The van der Waals surface area contributed by atoms with Gasteiger partial charge in [-0.25, -0.2) is 0 Å². The van der Waals surface area contributed by atoms with Crippen LogP contribution in [-0.4, -0.2) is 32.4 Å². The second-order valence-electron chi connectivity index (χ2n) is 7.93. The van der Waals surface area contributed by atoms with Gasteiger partial charge in [-0.3, -0.25) is 0 Å². The van der Waals surface area contributed by atoms with Gasteiger partial charge in [0.25, 0.3) is 0 Å². The molecule has 0 spiro atoms. The zero-order chi connectivity index (χ0) is 21.1. The fourth-order valence-electron chi connectivity index (χ4n) is 3.75. The molecule has 1 aliphatic rings. The molecule has 0 aromatic heterocycles. The molecule has 0 saturated heterocycles. The van der Waals surface area contributed by atoms with Gasteiger partial charge in [-0.05, 0) is 62.0 Å². The van der Waals surface area contributed by atoms with Gasteiger partial charge < -0.3 is 19.0 Å². The maximum absolute atomic E-state index is 10.3. The predicted molar refractivity (Wildman–Crippen MR) is 121 cm³/mol. The second-order valence-corrected chi connectivity index (χ2v) is 12.7. The Morgan fingerprint density at radius 3 is 2.45 bits per heavy atom. The lowest BCUT2D eigenvalue weighted by Gasteiger charge is -2.32. The lowest BCUT2D eigenvalue weighted by atomic mass is 10.0. The highest BCUT2D eigenvalue weighted by Gasteiger charge is 2.32. The van der Waals surface area contributed by atoms with Crippen LogP contribution >= 0.6 is 0 Å². The van der Waals surface area contributed by atoms with E-state index in [9.17, 15) is 5.11 Å². The normalized spacial score (nSPS) is 14.9. The van der Waals surface area contributed by atoms with Crippen LogP contribution in [0.3, 0.4) is 0 Å². The summed E-state index contributed by atoms with van der Waals surface area (Å²) in [6.45, 7) is 8.90. The first-order valence-electron chi connectivity index (χ1n) is 11.3. The summed E-state index contributed by atoms with van der Waals surface area (Å²) in [5, 5.41) is 10.3. The van der Waals surface area contributed by atoms with Gasteiger partial charge in [0.1, 0.15) is 6.10 Å². The molecule has 0 saturated carbocycles. The molecule has 4 nitrogen and oxygen atoms in total. The van der Waals surface area contributed by atoms with Gasteiger partial charge in [-0.1, -0.05) is 45.6 Å². The summed E-state index contributed by atoms with van der Waals surface area (Å²) in [6.07, 6.45) is 5.62. The summed E-state index contributed by atoms with van der Waals surface area (Å²) in [5.41, 5.74) is 1.30.